The number of anilines is 2. The predicted octanol–water partition coefficient (Wildman–Crippen LogP) is 7.21. The number of benzene rings is 2. The number of hydrogen-bond acceptors (Lipinski definition) is 2. The van der Waals surface area contributed by atoms with Crippen LogP contribution >= 0.6 is 34.8 Å². The molecule has 2 aromatic rings. The molecule has 3 unspecified atom stereocenters. The van der Waals surface area contributed by atoms with Crippen LogP contribution in [0, 0.1) is 5.92 Å². The Labute approximate surface area is 180 Å². The smallest absolute Gasteiger partial charge is 0.224 e. The maximum absolute atomic E-state index is 12.2. The van der Waals surface area contributed by atoms with Crippen molar-refractivity contribution in [3.63, 3.8) is 0 Å². The van der Waals surface area contributed by atoms with Crippen LogP contribution in [0.4, 0.5) is 11.4 Å². The van der Waals surface area contributed by atoms with Gasteiger partial charge in [-0.3, -0.25) is 4.79 Å². The van der Waals surface area contributed by atoms with Crippen LogP contribution in [0.15, 0.2) is 42.5 Å². The van der Waals surface area contributed by atoms with Crippen molar-refractivity contribution in [2.45, 2.75) is 38.1 Å². The first kappa shape index (κ1) is 19.6. The van der Waals surface area contributed by atoms with E-state index in [4.69, 9.17) is 34.8 Å². The van der Waals surface area contributed by atoms with E-state index in [9.17, 15) is 4.79 Å². The number of carbonyl (C=O) groups excluding carboxylic acids is 1. The maximum atomic E-state index is 12.2. The second-order valence-electron chi connectivity index (χ2n) is 7.29. The minimum atomic E-state index is -0.0622. The summed E-state index contributed by atoms with van der Waals surface area (Å²) in [4.78, 5) is 12.2. The van der Waals surface area contributed by atoms with Gasteiger partial charge in [-0.05, 0) is 43.0 Å². The van der Waals surface area contributed by atoms with Crippen molar-refractivity contribution in [3.8, 4) is 0 Å². The van der Waals surface area contributed by atoms with Crippen molar-refractivity contribution in [1.82, 2.24) is 0 Å². The normalized spacial score (nSPS) is 22.4. The van der Waals surface area contributed by atoms with Crippen molar-refractivity contribution in [2.75, 3.05) is 10.6 Å². The maximum Gasteiger partial charge on any atom is 0.224 e. The van der Waals surface area contributed by atoms with E-state index in [1.54, 1.807) is 0 Å². The third kappa shape index (κ3) is 3.41. The van der Waals surface area contributed by atoms with Gasteiger partial charge < -0.3 is 10.6 Å². The molecule has 3 nitrogen and oxygen atoms in total. The fourth-order valence-electron chi connectivity index (χ4n) is 4.32. The third-order valence-corrected chi connectivity index (χ3v) is 6.50. The van der Waals surface area contributed by atoms with Gasteiger partial charge in [0.15, 0.2) is 0 Å². The molecular formula is C22H21Cl3N2O. The largest absolute Gasteiger partial charge is 0.376 e. The minimum Gasteiger partial charge on any atom is -0.376 e. The average molecular weight is 436 g/mol. The molecule has 2 N–H and O–H groups in total. The molecule has 0 saturated heterocycles. The van der Waals surface area contributed by atoms with Crippen LogP contribution in [-0.2, 0) is 4.79 Å². The molecule has 1 aliphatic heterocycles. The summed E-state index contributed by atoms with van der Waals surface area (Å²) in [6.07, 6.45) is 6.58. The van der Waals surface area contributed by atoms with Gasteiger partial charge in [-0.2, -0.15) is 0 Å². The van der Waals surface area contributed by atoms with Crippen LogP contribution in [0.3, 0.4) is 0 Å². The van der Waals surface area contributed by atoms with Crippen LogP contribution in [0.2, 0.25) is 15.1 Å². The monoisotopic (exact) mass is 434 g/mol. The zero-order valence-electron chi connectivity index (χ0n) is 15.4. The van der Waals surface area contributed by atoms with Crippen molar-refractivity contribution in [3.05, 3.63) is 68.7 Å². The van der Waals surface area contributed by atoms with E-state index in [2.05, 4.69) is 22.8 Å². The highest BCUT2D eigenvalue weighted by Crippen LogP contribution is 2.55. The Bertz CT molecular complexity index is 937. The molecular weight excluding hydrogens is 415 g/mol. The van der Waals surface area contributed by atoms with Gasteiger partial charge >= 0.3 is 0 Å². The van der Waals surface area contributed by atoms with Gasteiger partial charge in [0.05, 0.1) is 16.8 Å². The van der Waals surface area contributed by atoms with E-state index >= 15 is 0 Å². The Balaban J connectivity index is 1.81. The molecule has 6 heteroatoms. The molecule has 4 rings (SSSR count). The summed E-state index contributed by atoms with van der Waals surface area (Å²) < 4.78 is 0. The summed E-state index contributed by atoms with van der Waals surface area (Å²) in [6.45, 7) is 1.99. The van der Waals surface area contributed by atoms with E-state index in [0.29, 0.717) is 21.5 Å². The molecule has 0 saturated carbocycles. The number of halogens is 3. The lowest BCUT2D eigenvalue weighted by molar-refractivity contribution is -0.116. The molecule has 2 aromatic carbocycles. The summed E-state index contributed by atoms with van der Waals surface area (Å²) in [5.41, 5.74) is 3.59. The lowest BCUT2D eigenvalue weighted by Gasteiger charge is -2.39. The first-order valence-electron chi connectivity index (χ1n) is 9.50. The molecule has 1 aliphatic carbocycles. The standard InChI is InChI=1S/C22H21Cl3N2O/c1-2-5-18(28)26-17-11-10-16(25)22-19(17)12-6-3-7-13(12)21(27-22)20-14(23)8-4-9-15(20)24/h3-4,6,8-13,21,27H,2,5,7H2,1H3,(H,26,28). The SMILES string of the molecule is CCCC(=O)Nc1ccc(Cl)c2c1C1C=CCC1C(c1c(Cl)cccc1Cl)N2. The summed E-state index contributed by atoms with van der Waals surface area (Å²) in [7, 11) is 0. The number of fused-ring (bicyclic) bond motifs is 3. The lowest BCUT2D eigenvalue weighted by Crippen LogP contribution is -2.30. The quantitative estimate of drug-likeness (QED) is 0.498. The number of rotatable bonds is 4. The Morgan fingerprint density at radius 2 is 1.86 bits per heavy atom. The zero-order valence-corrected chi connectivity index (χ0v) is 17.7. The Hall–Kier alpha value is -1.68. The van der Waals surface area contributed by atoms with Gasteiger partial charge in [-0.1, -0.05) is 59.9 Å². The summed E-state index contributed by atoms with van der Waals surface area (Å²) in [5, 5.41) is 8.56. The molecule has 0 radical (unpaired) electrons. The molecule has 0 spiro atoms. The molecule has 0 aromatic heterocycles. The number of allylic oxidation sites excluding steroid dienone is 2. The minimum absolute atomic E-state index is 0.0156. The lowest BCUT2D eigenvalue weighted by atomic mass is 9.76. The molecule has 0 bridgehead atoms. The van der Waals surface area contributed by atoms with Gasteiger partial charge in [0.1, 0.15) is 0 Å². The Kier molecular flexibility index (Phi) is 5.59. The van der Waals surface area contributed by atoms with Crippen molar-refractivity contribution in [1.29, 1.82) is 0 Å². The van der Waals surface area contributed by atoms with Gasteiger partial charge in [0.2, 0.25) is 5.91 Å². The van der Waals surface area contributed by atoms with Crippen LogP contribution in [0.1, 0.15) is 49.3 Å². The Morgan fingerprint density at radius 1 is 1.11 bits per heavy atom. The van der Waals surface area contributed by atoms with Gasteiger partial charge in [-0.15, -0.1) is 0 Å². The van der Waals surface area contributed by atoms with Crippen molar-refractivity contribution in [2.24, 2.45) is 5.92 Å². The summed E-state index contributed by atoms with van der Waals surface area (Å²) >= 11 is 19.6. The number of nitrogens with one attached hydrogen (secondary N) is 2. The van der Waals surface area contributed by atoms with Gasteiger partial charge in [0.25, 0.3) is 0 Å². The second-order valence-corrected chi connectivity index (χ2v) is 8.51. The van der Waals surface area contributed by atoms with Crippen LogP contribution < -0.4 is 10.6 Å². The molecule has 146 valence electrons. The van der Waals surface area contributed by atoms with Crippen LogP contribution in [0.25, 0.3) is 0 Å². The highest BCUT2D eigenvalue weighted by molar-refractivity contribution is 6.36. The zero-order chi connectivity index (χ0) is 19.8. The van der Waals surface area contributed by atoms with Crippen molar-refractivity contribution < 1.29 is 4.79 Å². The van der Waals surface area contributed by atoms with Crippen molar-refractivity contribution >= 4 is 52.1 Å². The number of carbonyl (C=O) groups is 1. The fourth-order valence-corrected chi connectivity index (χ4v) is 5.17. The molecule has 0 fully saturated rings. The van der Waals surface area contributed by atoms with Gasteiger partial charge in [-0.25, -0.2) is 0 Å². The number of hydrogen-bond donors (Lipinski definition) is 2. The van der Waals surface area contributed by atoms with E-state index in [1.165, 1.54) is 0 Å². The first-order valence-corrected chi connectivity index (χ1v) is 10.6. The van der Waals surface area contributed by atoms with E-state index in [-0.39, 0.29) is 23.8 Å². The average Bonchev–Trinajstić information content (AvgIpc) is 3.14. The topological polar surface area (TPSA) is 41.1 Å². The molecule has 2 aliphatic rings. The second kappa shape index (κ2) is 7.98. The first-order chi connectivity index (χ1) is 13.5. The predicted molar refractivity (Wildman–Crippen MR) is 118 cm³/mol. The molecule has 28 heavy (non-hydrogen) atoms. The highest BCUT2D eigenvalue weighted by Gasteiger charge is 2.41. The summed E-state index contributed by atoms with van der Waals surface area (Å²) in [6, 6.07) is 9.22. The summed E-state index contributed by atoms with van der Waals surface area (Å²) in [5.74, 6) is 0.385. The van der Waals surface area contributed by atoms with Gasteiger partial charge in [0, 0.05) is 39.2 Å². The Morgan fingerprint density at radius 3 is 2.57 bits per heavy atom. The van der Waals surface area contributed by atoms with Crippen LogP contribution in [-0.4, -0.2) is 5.91 Å². The van der Waals surface area contributed by atoms with E-state index in [0.717, 1.165) is 35.3 Å². The van der Waals surface area contributed by atoms with E-state index < -0.39 is 0 Å². The fraction of sp³-hybridized carbons (Fsp3) is 0.318. The molecule has 1 amide bonds. The van der Waals surface area contributed by atoms with Crippen LogP contribution in [0.5, 0.6) is 0 Å². The third-order valence-electron chi connectivity index (χ3n) is 5.53. The molecule has 3 atom stereocenters. The van der Waals surface area contributed by atoms with E-state index in [1.807, 2.05) is 37.3 Å². The number of amides is 1. The molecule has 1 heterocycles. The highest BCUT2D eigenvalue weighted by atomic mass is 35.5.